The molecule has 0 aromatic rings. The molecule has 0 heterocycles. The molecule has 6 heteroatoms. The van der Waals surface area contributed by atoms with Crippen molar-refractivity contribution in [2.45, 2.75) is 70.7 Å². The Kier molecular flexibility index (Phi) is 9.61. The Morgan fingerprint density at radius 1 is 1.04 bits per heavy atom. The van der Waals surface area contributed by atoms with E-state index in [4.69, 9.17) is 0 Å². The van der Waals surface area contributed by atoms with Gasteiger partial charge in [-0.2, -0.15) is 0 Å². The summed E-state index contributed by atoms with van der Waals surface area (Å²) in [6, 6.07) is 0. The SMILES string of the molecule is CC(C)(C)C1=CC=CCC1(S[Si](C)(C)C)[Si](C)(C)C1=[C]([Ti+2])CC=C1.[Cl-].[Cl-]. The van der Waals surface area contributed by atoms with Gasteiger partial charge in [-0.15, -0.1) is 0 Å². The first-order chi connectivity index (χ1) is 10.8. The van der Waals surface area contributed by atoms with Crippen molar-refractivity contribution in [1.29, 1.82) is 0 Å². The van der Waals surface area contributed by atoms with Gasteiger partial charge in [0, 0.05) is 0 Å². The van der Waals surface area contributed by atoms with Crippen molar-refractivity contribution in [3.05, 3.63) is 45.0 Å². The molecule has 26 heavy (non-hydrogen) atoms. The molecule has 0 aromatic heterocycles. The molecule has 1 unspecified atom stereocenters. The Bertz CT molecular complexity index is 637. The largest absolute Gasteiger partial charge is 1.00 e. The summed E-state index contributed by atoms with van der Waals surface area (Å²) >= 11 is 4.73. The molecule has 2 aliphatic rings. The molecule has 145 valence electrons. The van der Waals surface area contributed by atoms with Crippen molar-refractivity contribution in [1.82, 2.24) is 0 Å². The van der Waals surface area contributed by atoms with Gasteiger partial charge in [-0.1, -0.05) is 0 Å². The van der Waals surface area contributed by atoms with E-state index >= 15 is 0 Å². The molecule has 0 amide bonds. The van der Waals surface area contributed by atoms with Crippen LogP contribution in [0.25, 0.3) is 0 Å². The van der Waals surface area contributed by atoms with Gasteiger partial charge in [0.25, 0.3) is 0 Å². The van der Waals surface area contributed by atoms with Crippen LogP contribution in [0.3, 0.4) is 0 Å². The van der Waals surface area contributed by atoms with E-state index in [1.54, 1.807) is 14.6 Å². The average molecular weight is 480 g/mol. The van der Waals surface area contributed by atoms with Crippen molar-refractivity contribution < 1.29 is 45.2 Å². The van der Waals surface area contributed by atoms with E-state index in [-0.39, 0.29) is 34.6 Å². The third-order valence-electron chi connectivity index (χ3n) is 5.14. The first-order valence-corrected chi connectivity index (χ1v) is 17.8. The molecule has 0 aromatic carbocycles. The summed E-state index contributed by atoms with van der Waals surface area (Å²) in [6.45, 7) is 20.1. The standard InChI is InChI=1S/C20H33SSi2.2ClH.Ti/c1-19(2,3)18-15-11-12-16-20(18,21-22(4,5)6)23(7,8)17-13-9-10-14-17;;;/h9,11-13,15H,10,16H2,1-8H3;2*1H;/q;;;+2/p-2. The summed E-state index contributed by atoms with van der Waals surface area (Å²) in [4.78, 5) is 0. The molecule has 1 atom stereocenters. The van der Waals surface area contributed by atoms with Gasteiger partial charge in [-0.3, -0.25) is 0 Å². The molecule has 2 aliphatic carbocycles. The van der Waals surface area contributed by atoms with Crippen molar-refractivity contribution in [3.8, 4) is 0 Å². The van der Waals surface area contributed by atoms with Crippen molar-refractivity contribution in [3.63, 3.8) is 0 Å². The van der Waals surface area contributed by atoms with Crippen LogP contribution in [0.5, 0.6) is 0 Å². The predicted octanol–water partition coefficient (Wildman–Crippen LogP) is 0.781. The zero-order valence-electron chi connectivity index (χ0n) is 17.5. The molecule has 0 nitrogen and oxygen atoms in total. The summed E-state index contributed by atoms with van der Waals surface area (Å²) in [7, 11) is -2.98. The van der Waals surface area contributed by atoms with Crippen molar-refractivity contribution in [2.24, 2.45) is 5.41 Å². The van der Waals surface area contributed by atoms with Crippen LogP contribution in [-0.2, 0) is 20.4 Å². The Morgan fingerprint density at radius 2 is 1.62 bits per heavy atom. The van der Waals surface area contributed by atoms with Crippen molar-refractivity contribution in [2.75, 3.05) is 0 Å². The van der Waals surface area contributed by atoms with E-state index in [9.17, 15) is 0 Å². The fourth-order valence-corrected chi connectivity index (χ4v) is 21.3. The van der Waals surface area contributed by atoms with Crippen LogP contribution in [0.2, 0.25) is 32.7 Å². The Hall–Kier alpha value is 1.04. The molecule has 0 saturated carbocycles. The van der Waals surface area contributed by atoms with Gasteiger partial charge >= 0.3 is 168 Å². The smallest absolute Gasteiger partial charge is 1.00 e. The van der Waals surface area contributed by atoms with E-state index in [1.807, 2.05) is 0 Å². The second-order valence-corrected chi connectivity index (χ2v) is 25.0. The maximum atomic E-state index is 2.63. The third-order valence-corrected chi connectivity index (χ3v) is 17.3. The van der Waals surface area contributed by atoms with Gasteiger partial charge in [-0.25, -0.2) is 0 Å². The molecule has 0 saturated heterocycles. The normalized spacial score (nSPS) is 23.5. The van der Waals surface area contributed by atoms with E-state index in [1.165, 1.54) is 6.42 Å². The quantitative estimate of drug-likeness (QED) is 0.537. The first kappa shape index (κ1) is 27.0. The van der Waals surface area contributed by atoms with Crippen LogP contribution in [0.15, 0.2) is 45.0 Å². The summed E-state index contributed by atoms with van der Waals surface area (Å²) in [5.74, 6) is 0. The Morgan fingerprint density at radius 3 is 2.04 bits per heavy atom. The molecule has 0 aliphatic heterocycles. The zero-order chi connectivity index (χ0) is 18.4. The molecule has 2 rings (SSSR count). The number of hydrogen-bond acceptors (Lipinski definition) is 1. The molecular weight excluding hydrogens is 447 g/mol. The third kappa shape index (κ3) is 5.34. The maximum absolute atomic E-state index is 2.63. The maximum Gasteiger partial charge on any atom is -1.00 e. The topological polar surface area (TPSA) is 0 Å². The van der Waals surface area contributed by atoms with Crippen LogP contribution in [0, 0.1) is 5.41 Å². The molecule has 0 radical (unpaired) electrons. The zero-order valence-corrected chi connectivity index (χ0v) is 23.4. The van der Waals surface area contributed by atoms with E-state index in [2.05, 4.69) is 116 Å². The molecule has 0 spiro atoms. The number of halogens is 2. The van der Waals surface area contributed by atoms with Crippen LogP contribution < -0.4 is 24.8 Å². The van der Waals surface area contributed by atoms with Gasteiger partial charge in [-0.05, 0) is 0 Å². The summed E-state index contributed by atoms with van der Waals surface area (Å²) in [5, 5.41) is 1.71. The van der Waals surface area contributed by atoms with Crippen LogP contribution in [0.1, 0.15) is 33.6 Å². The average Bonchev–Trinajstić information content (AvgIpc) is 2.82. The molecular formula is C20H33Cl2SSi2Ti. The van der Waals surface area contributed by atoms with Gasteiger partial charge < -0.3 is 24.8 Å². The fourth-order valence-electron chi connectivity index (χ4n) is 4.15. The minimum atomic E-state index is -1.69. The van der Waals surface area contributed by atoms with Gasteiger partial charge in [0.15, 0.2) is 0 Å². The minimum Gasteiger partial charge on any atom is -1.00 e. The van der Waals surface area contributed by atoms with Gasteiger partial charge in [0.1, 0.15) is 0 Å². The van der Waals surface area contributed by atoms with Gasteiger partial charge in [0.05, 0.1) is 0 Å². The van der Waals surface area contributed by atoms with Crippen LogP contribution >= 0.6 is 11.2 Å². The Labute approximate surface area is 191 Å². The van der Waals surface area contributed by atoms with E-state index < -0.39 is 15.3 Å². The van der Waals surface area contributed by atoms with E-state index in [0.717, 1.165) is 6.42 Å². The number of rotatable bonds is 4. The monoisotopic (exact) mass is 479 g/mol. The molecule has 0 bridgehead atoms. The first-order valence-electron chi connectivity index (χ1n) is 9.01. The molecule has 0 fully saturated rings. The molecule has 0 N–H and O–H groups in total. The minimum absolute atomic E-state index is 0. The van der Waals surface area contributed by atoms with Gasteiger partial charge in [0.2, 0.25) is 0 Å². The summed E-state index contributed by atoms with van der Waals surface area (Å²) < 4.78 is 1.90. The summed E-state index contributed by atoms with van der Waals surface area (Å²) in [5.41, 5.74) is 1.90. The second kappa shape index (κ2) is 9.24. The predicted molar refractivity (Wildman–Crippen MR) is 113 cm³/mol. The van der Waals surface area contributed by atoms with Crippen LogP contribution in [0.4, 0.5) is 0 Å². The van der Waals surface area contributed by atoms with E-state index in [0.29, 0.717) is 0 Å². The summed E-state index contributed by atoms with van der Waals surface area (Å²) in [6.07, 6.45) is 14.4. The van der Waals surface area contributed by atoms with Crippen LogP contribution in [-0.4, -0.2) is 19.7 Å². The fraction of sp³-hybridized carbons (Fsp3) is 0.600. The second-order valence-electron chi connectivity index (χ2n) is 9.63. The Balaban J connectivity index is 0.00000312. The number of allylic oxidation sites excluding steroid dienone is 7. The number of hydrogen-bond donors (Lipinski definition) is 0. The van der Waals surface area contributed by atoms with Crippen molar-refractivity contribution >= 4 is 26.5 Å².